The summed E-state index contributed by atoms with van der Waals surface area (Å²) < 4.78 is 33.2. The normalized spacial score (nSPS) is 33.7. The Morgan fingerprint density at radius 3 is 2.25 bits per heavy atom. The minimum absolute atomic E-state index is 0.0248. The quantitative estimate of drug-likeness (QED) is 0.763. The maximum absolute atomic E-state index is 13.2. The Labute approximate surface area is 166 Å². The van der Waals surface area contributed by atoms with Gasteiger partial charge in [-0.1, -0.05) is 0 Å². The molecule has 0 aliphatic heterocycles. The van der Waals surface area contributed by atoms with Gasteiger partial charge in [0.25, 0.3) is 0 Å². The zero-order chi connectivity index (χ0) is 19.5. The van der Waals surface area contributed by atoms with E-state index in [1.807, 2.05) is 0 Å². The van der Waals surface area contributed by atoms with Crippen molar-refractivity contribution in [2.45, 2.75) is 55.9 Å². The SMILES string of the molecule is COc1ccc(S(=O)(=O)NC2CC2)cc1NC(=O)C1C2CC3CC(C2)CC1C3. The van der Waals surface area contributed by atoms with Crippen molar-refractivity contribution in [1.82, 2.24) is 4.72 Å². The number of rotatable bonds is 6. The number of carbonyl (C=O) groups excluding carboxylic acids is 1. The lowest BCUT2D eigenvalue weighted by atomic mass is 9.51. The second kappa shape index (κ2) is 6.73. The largest absolute Gasteiger partial charge is 0.495 e. The molecule has 0 saturated heterocycles. The van der Waals surface area contributed by atoms with Crippen molar-refractivity contribution in [3.05, 3.63) is 18.2 Å². The molecule has 5 aliphatic carbocycles. The molecule has 1 aromatic rings. The summed E-state index contributed by atoms with van der Waals surface area (Å²) in [5.41, 5.74) is 0.444. The van der Waals surface area contributed by atoms with Crippen LogP contribution in [0.2, 0.25) is 0 Å². The summed E-state index contributed by atoms with van der Waals surface area (Å²) in [7, 11) is -2.05. The molecule has 6 rings (SSSR count). The molecule has 0 heterocycles. The van der Waals surface area contributed by atoms with E-state index in [0.29, 0.717) is 23.3 Å². The first-order chi connectivity index (χ1) is 13.4. The van der Waals surface area contributed by atoms with Crippen LogP contribution in [-0.4, -0.2) is 27.5 Å². The smallest absolute Gasteiger partial charge is 0.240 e. The van der Waals surface area contributed by atoms with Gasteiger partial charge in [0.05, 0.1) is 17.7 Å². The summed E-state index contributed by atoms with van der Waals surface area (Å²) in [4.78, 5) is 13.4. The molecular weight excluding hydrogens is 376 g/mol. The highest BCUT2D eigenvalue weighted by Crippen LogP contribution is 2.56. The Balaban J connectivity index is 1.38. The Hall–Kier alpha value is -1.60. The Morgan fingerprint density at radius 1 is 1.04 bits per heavy atom. The lowest BCUT2D eigenvalue weighted by molar-refractivity contribution is -0.132. The van der Waals surface area contributed by atoms with Crippen LogP contribution in [0.15, 0.2) is 23.1 Å². The lowest BCUT2D eigenvalue weighted by Gasteiger charge is -2.53. The van der Waals surface area contributed by atoms with Crippen LogP contribution in [0.25, 0.3) is 0 Å². The van der Waals surface area contributed by atoms with Gasteiger partial charge in [0, 0.05) is 12.0 Å². The second-order valence-corrected chi connectivity index (χ2v) is 10.9. The zero-order valence-corrected chi connectivity index (χ0v) is 17.0. The summed E-state index contributed by atoms with van der Waals surface area (Å²) in [5.74, 6) is 3.13. The molecule has 6 nitrogen and oxygen atoms in total. The minimum atomic E-state index is -3.58. The molecule has 1 aromatic carbocycles. The summed E-state index contributed by atoms with van der Waals surface area (Å²) in [6.07, 6.45) is 7.79. The number of benzene rings is 1. The number of ether oxygens (including phenoxy) is 1. The van der Waals surface area contributed by atoms with Gasteiger partial charge in [0.15, 0.2) is 0 Å². The molecule has 0 unspecified atom stereocenters. The molecule has 0 radical (unpaired) electrons. The number of amides is 1. The fourth-order valence-corrected chi connectivity index (χ4v) is 7.34. The third kappa shape index (κ3) is 3.32. The lowest BCUT2D eigenvalue weighted by Crippen LogP contribution is -2.49. The van der Waals surface area contributed by atoms with E-state index in [2.05, 4.69) is 10.0 Å². The van der Waals surface area contributed by atoms with Gasteiger partial charge in [-0.15, -0.1) is 0 Å². The van der Waals surface area contributed by atoms with E-state index in [9.17, 15) is 13.2 Å². The van der Waals surface area contributed by atoms with E-state index >= 15 is 0 Å². The standard InChI is InChI=1S/C21H28N2O4S/c1-27-19-5-4-17(28(25,26)23-16-2-3-16)11-18(19)22-21(24)20-14-7-12-6-13(9-14)10-15(20)8-12/h4-5,11-16,20,23H,2-3,6-10H2,1H3,(H,22,24). The molecule has 5 aliphatic rings. The number of hydrogen-bond donors (Lipinski definition) is 2. The van der Waals surface area contributed by atoms with Gasteiger partial charge in [-0.05, 0) is 86.8 Å². The van der Waals surface area contributed by atoms with E-state index in [0.717, 1.165) is 24.7 Å². The molecule has 4 bridgehead atoms. The molecule has 2 N–H and O–H groups in total. The number of hydrogen-bond acceptors (Lipinski definition) is 4. The van der Waals surface area contributed by atoms with Crippen molar-refractivity contribution in [3.8, 4) is 5.75 Å². The van der Waals surface area contributed by atoms with Gasteiger partial charge in [-0.25, -0.2) is 13.1 Å². The predicted octanol–water partition coefficient (Wildman–Crippen LogP) is 3.15. The van der Waals surface area contributed by atoms with Gasteiger partial charge in [0.1, 0.15) is 5.75 Å². The van der Waals surface area contributed by atoms with E-state index in [-0.39, 0.29) is 22.8 Å². The first kappa shape index (κ1) is 18.4. The Bertz CT molecular complexity index is 866. The number of sulfonamides is 1. The Morgan fingerprint density at radius 2 is 1.68 bits per heavy atom. The first-order valence-electron chi connectivity index (χ1n) is 10.4. The summed E-state index contributed by atoms with van der Waals surface area (Å²) in [5, 5.41) is 3.01. The maximum atomic E-state index is 13.2. The maximum Gasteiger partial charge on any atom is 0.240 e. The summed E-state index contributed by atoms with van der Waals surface area (Å²) in [6.45, 7) is 0. The van der Waals surface area contributed by atoms with Crippen LogP contribution in [0.5, 0.6) is 5.75 Å². The van der Waals surface area contributed by atoms with E-state index < -0.39 is 10.0 Å². The van der Waals surface area contributed by atoms with Crippen molar-refractivity contribution in [3.63, 3.8) is 0 Å². The van der Waals surface area contributed by atoms with Crippen LogP contribution in [0.3, 0.4) is 0 Å². The molecule has 5 fully saturated rings. The molecule has 0 spiro atoms. The predicted molar refractivity (Wildman–Crippen MR) is 106 cm³/mol. The van der Waals surface area contributed by atoms with Gasteiger partial charge in [-0.2, -0.15) is 0 Å². The number of nitrogens with one attached hydrogen (secondary N) is 2. The molecule has 5 saturated carbocycles. The van der Waals surface area contributed by atoms with Crippen molar-refractivity contribution in [2.75, 3.05) is 12.4 Å². The van der Waals surface area contributed by atoms with Crippen LogP contribution in [-0.2, 0) is 14.8 Å². The molecule has 0 atom stereocenters. The number of methoxy groups -OCH3 is 1. The third-order valence-electron chi connectivity index (χ3n) is 7.17. The minimum Gasteiger partial charge on any atom is -0.495 e. The van der Waals surface area contributed by atoms with E-state index in [1.165, 1.54) is 51.3 Å². The molecule has 28 heavy (non-hydrogen) atoms. The molecule has 152 valence electrons. The fourth-order valence-electron chi connectivity index (χ4n) is 6.01. The number of carbonyl (C=O) groups is 1. The Kier molecular flexibility index (Phi) is 4.43. The average molecular weight is 405 g/mol. The zero-order valence-electron chi connectivity index (χ0n) is 16.2. The number of anilines is 1. The van der Waals surface area contributed by atoms with Crippen LogP contribution in [0, 0.1) is 29.6 Å². The fraction of sp³-hybridized carbons (Fsp3) is 0.667. The monoisotopic (exact) mass is 404 g/mol. The van der Waals surface area contributed by atoms with Crippen molar-refractivity contribution >= 4 is 21.6 Å². The van der Waals surface area contributed by atoms with E-state index in [4.69, 9.17) is 4.74 Å². The summed E-state index contributed by atoms with van der Waals surface area (Å²) in [6, 6.07) is 4.71. The van der Waals surface area contributed by atoms with Crippen molar-refractivity contribution in [1.29, 1.82) is 0 Å². The third-order valence-corrected chi connectivity index (χ3v) is 8.69. The second-order valence-electron chi connectivity index (χ2n) is 9.20. The molecule has 7 heteroatoms. The highest BCUT2D eigenvalue weighted by Gasteiger charge is 2.50. The summed E-state index contributed by atoms with van der Waals surface area (Å²) >= 11 is 0. The van der Waals surface area contributed by atoms with Gasteiger partial charge < -0.3 is 10.1 Å². The first-order valence-corrected chi connectivity index (χ1v) is 11.9. The highest BCUT2D eigenvalue weighted by molar-refractivity contribution is 7.89. The average Bonchev–Trinajstić information content (AvgIpc) is 3.44. The van der Waals surface area contributed by atoms with Gasteiger partial charge >= 0.3 is 0 Å². The van der Waals surface area contributed by atoms with Crippen LogP contribution >= 0.6 is 0 Å². The molecule has 0 aromatic heterocycles. The van der Waals surface area contributed by atoms with Crippen molar-refractivity contribution < 1.29 is 17.9 Å². The van der Waals surface area contributed by atoms with Crippen LogP contribution in [0.1, 0.15) is 44.9 Å². The van der Waals surface area contributed by atoms with E-state index in [1.54, 1.807) is 6.07 Å². The van der Waals surface area contributed by atoms with Gasteiger partial charge in [0.2, 0.25) is 15.9 Å². The van der Waals surface area contributed by atoms with Gasteiger partial charge in [-0.3, -0.25) is 4.79 Å². The van der Waals surface area contributed by atoms with Crippen LogP contribution < -0.4 is 14.8 Å². The molecular formula is C21H28N2O4S. The molecule has 1 amide bonds. The van der Waals surface area contributed by atoms with Crippen molar-refractivity contribution in [2.24, 2.45) is 29.6 Å². The topological polar surface area (TPSA) is 84.5 Å². The highest BCUT2D eigenvalue weighted by atomic mass is 32.2. The van der Waals surface area contributed by atoms with Crippen LogP contribution in [0.4, 0.5) is 5.69 Å².